The Bertz CT molecular complexity index is 622. The first kappa shape index (κ1) is 24.2. The summed E-state index contributed by atoms with van der Waals surface area (Å²) in [5.41, 5.74) is 7.43. The van der Waals surface area contributed by atoms with E-state index < -0.39 is 0 Å². The predicted molar refractivity (Wildman–Crippen MR) is 128 cm³/mol. The molecule has 0 aromatic heterocycles. The van der Waals surface area contributed by atoms with Crippen LogP contribution in [0.3, 0.4) is 0 Å². The van der Waals surface area contributed by atoms with Crippen LogP contribution in [0.4, 0.5) is 0 Å². The smallest absolute Gasteiger partial charge is 0.188 e. The topological polar surface area (TPSA) is 75.3 Å². The number of methoxy groups -OCH3 is 1. The van der Waals surface area contributed by atoms with Gasteiger partial charge in [-0.2, -0.15) is 0 Å². The van der Waals surface area contributed by atoms with Crippen LogP contribution in [0.2, 0.25) is 0 Å². The van der Waals surface area contributed by atoms with Crippen molar-refractivity contribution >= 4 is 29.9 Å². The van der Waals surface area contributed by atoms with Crippen LogP contribution in [0, 0.1) is 0 Å². The average Bonchev–Trinajstić information content (AvgIpc) is 3.21. The molecule has 29 heavy (non-hydrogen) atoms. The van der Waals surface area contributed by atoms with E-state index in [1.807, 2.05) is 12.1 Å². The number of nitrogens with one attached hydrogen (secondary N) is 1. The average molecular weight is 517 g/mol. The van der Waals surface area contributed by atoms with Gasteiger partial charge in [-0.1, -0.05) is 19.1 Å². The second-order valence-corrected chi connectivity index (χ2v) is 7.47. The third-order valence-corrected chi connectivity index (χ3v) is 5.85. The zero-order valence-corrected chi connectivity index (χ0v) is 20.0. The van der Waals surface area contributed by atoms with E-state index in [4.69, 9.17) is 15.2 Å². The second-order valence-electron chi connectivity index (χ2n) is 7.47. The van der Waals surface area contributed by atoms with Crippen LogP contribution in [0.1, 0.15) is 31.4 Å². The van der Waals surface area contributed by atoms with Gasteiger partial charge in [0, 0.05) is 25.7 Å². The zero-order chi connectivity index (χ0) is 19.8. The Morgan fingerprint density at radius 2 is 2.00 bits per heavy atom. The van der Waals surface area contributed by atoms with E-state index in [2.05, 4.69) is 39.2 Å². The van der Waals surface area contributed by atoms with Crippen molar-refractivity contribution in [3.05, 3.63) is 29.8 Å². The molecule has 2 unspecified atom stereocenters. The van der Waals surface area contributed by atoms with Crippen molar-refractivity contribution in [3.8, 4) is 5.75 Å². The third-order valence-electron chi connectivity index (χ3n) is 5.85. The number of nitrogens with zero attached hydrogens (tertiary/aromatic N) is 3. The van der Waals surface area contributed by atoms with Crippen molar-refractivity contribution in [2.45, 2.75) is 31.8 Å². The minimum Gasteiger partial charge on any atom is -0.497 e. The van der Waals surface area contributed by atoms with Crippen molar-refractivity contribution in [1.82, 2.24) is 15.1 Å². The summed E-state index contributed by atoms with van der Waals surface area (Å²) in [5, 5.41) is 3.34. The molecule has 0 saturated carbocycles. The molecule has 0 amide bonds. The number of aliphatic imine (C=N–C) groups is 1. The van der Waals surface area contributed by atoms with Crippen LogP contribution in [0.5, 0.6) is 5.75 Å². The Hall–Kier alpha value is -1.10. The molecule has 7 nitrogen and oxygen atoms in total. The van der Waals surface area contributed by atoms with Crippen LogP contribution in [-0.4, -0.2) is 81.4 Å². The van der Waals surface area contributed by atoms with Gasteiger partial charge in [0.15, 0.2) is 5.96 Å². The molecule has 3 rings (SSSR count). The maximum absolute atomic E-state index is 6.20. The lowest BCUT2D eigenvalue weighted by Gasteiger charge is -2.34. The number of nitrogens with two attached hydrogens (primary N) is 1. The Morgan fingerprint density at radius 1 is 1.28 bits per heavy atom. The van der Waals surface area contributed by atoms with Gasteiger partial charge in [0.2, 0.25) is 0 Å². The molecule has 2 saturated heterocycles. The van der Waals surface area contributed by atoms with Crippen molar-refractivity contribution < 1.29 is 9.47 Å². The van der Waals surface area contributed by atoms with Gasteiger partial charge in [-0.15, -0.1) is 24.0 Å². The quantitative estimate of drug-likeness (QED) is 0.313. The molecule has 0 spiro atoms. The monoisotopic (exact) mass is 517 g/mol. The van der Waals surface area contributed by atoms with Gasteiger partial charge < -0.3 is 20.5 Å². The number of hydrogen-bond acceptors (Lipinski definition) is 5. The van der Waals surface area contributed by atoms with Crippen LogP contribution in [0.25, 0.3) is 0 Å². The Labute approximate surface area is 192 Å². The number of likely N-dealkylation sites (tertiary alicyclic amines) is 1. The molecule has 0 bridgehead atoms. The van der Waals surface area contributed by atoms with Crippen molar-refractivity contribution in [2.75, 3.05) is 59.6 Å². The number of rotatable bonds is 8. The first-order chi connectivity index (χ1) is 13.7. The maximum atomic E-state index is 6.20. The minimum atomic E-state index is 0. The van der Waals surface area contributed by atoms with E-state index in [-0.39, 0.29) is 30.0 Å². The molecule has 1 aromatic rings. The number of benzene rings is 1. The Balaban J connectivity index is 0.00000300. The number of halogens is 1. The first-order valence-electron chi connectivity index (χ1n) is 10.4. The molecule has 2 fully saturated rings. The fraction of sp³-hybridized carbons (Fsp3) is 0.667. The fourth-order valence-electron chi connectivity index (χ4n) is 4.15. The van der Waals surface area contributed by atoms with Crippen molar-refractivity contribution in [3.63, 3.8) is 0 Å². The molecule has 0 aliphatic carbocycles. The van der Waals surface area contributed by atoms with E-state index >= 15 is 0 Å². The number of morpholine rings is 1. The number of ether oxygens (including phenoxy) is 2. The summed E-state index contributed by atoms with van der Waals surface area (Å²) < 4.78 is 10.8. The van der Waals surface area contributed by atoms with Gasteiger partial charge in [-0.3, -0.25) is 14.8 Å². The SMILES string of the molecule is CCN1CCCC1CNC(N)=NCC(c1ccc(OC)cc1)N1CCOCC1.I. The highest BCUT2D eigenvalue weighted by molar-refractivity contribution is 14.0. The zero-order valence-electron chi connectivity index (χ0n) is 17.7. The van der Waals surface area contributed by atoms with Gasteiger partial charge in [-0.25, -0.2) is 0 Å². The normalized spacial score (nSPS) is 22.1. The third kappa shape index (κ3) is 6.97. The molecule has 1 aromatic carbocycles. The highest BCUT2D eigenvalue weighted by Gasteiger charge is 2.24. The van der Waals surface area contributed by atoms with E-state index in [1.165, 1.54) is 24.9 Å². The van der Waals surface area contributed by atoms with Crippen LogP contribution >= 0.6 is 24.0 Å². The molecule has 0 radical (unpaired) electrons. The van der Waals surface area contributed by atoms with Crippen LogP contribution in [0.15, 0.2) is 29.3 Å². The van der Waals surface area contributed by atoms with Gasteiger partial charge in [0.1, 0.15) is 5.75 Å². The Morgan fingerprint density at radius 3 is 2.66 bits per heavy atom. The number of guanidine groups is 1. The van der Waals surface area contributed by atoms with E-state index in [0.717, 1.165) is 45.1 Å². The minimum absolute atomic E-state index is 0. The van der Waals surface area contributed by atoms with E-state index in [1.54, 1.807) is 7.11 Å². The molecular formula is C21H36IN5O2. The summed E-state index contributed by atoms with van der Waals surface area (Å²) >= 11 is 0. The molecule has 2 aliphatic heterocycles. The molecule has 3 N–H and O–H groups in total. The van der Waals surface area contributed by atoms with Gasteiger partial charge in [-0.05, 0) is 43.6 Å². The summed E-state index contributed by atoms with van der Waals surface area (Å²) in [6, 6.07) is 9.01. The summed E-state index contributed by atoms with van der Waals surface area (Å²) in [4.78, 5) is 9.62. The number of hydrogen-bond donors (Lipinski definition) is 2. The molecule has 2 aliphatic rings. The fourth-order valence-corrected chi connectivity index (χ4v) is 4.15. The first-order valence-corrected chi connectivity index (χ1v) is 10.4. The lowest BCUT2D eigenvalue weighted by Crippen LogP contribution is -2.43. The Kier molecular flexibility index (Phi) is 10.5. The standard InChI is InChI=1S/C21H35N5O2.HI/c1-3-25-10-4-5-18(25)15-23-21(22)24-16-20(26-11-13-28-14-12-26)17-6-8-19(27-2)9-7-17;/h6-9,18,20H,3-5,10-16H2,1-2H3,(H3,22,23,24);1H. The highest BCUT2D eigenvalue weighted by atomic mass is 127. The molecule has 164 valence electrons. The lowest BCUT2D eigenvalue weighted by atomic mass is 10.0. The largest absolute Gasteiger partial charge is 0.497 e. The van der Waals surface area contributed by atoms with Crippen molar-refractivity contribution in [2.24, 2.45) is 10.7 Å². The molecular weight excluding hydrogens is 481 g/mol. The summed E-state index contributed by atoms with van der Waals surface area (Å²) in [6.45, 7) is 9.35. The number of likely N-dealkylation sites (N-methyl/N-ethyl adjacent to an activating group) is 1. The van der Waals surface area contributed by atoms with Gasteiger partial charge >= 0.3 is 0 Å². The molecule has 2 heterocycles. The van der Waals surface area contributed by atoms with E-state index in [9.17, 15) is 0 Å². The summed E-state index contributed by atoms with van der Waals surface area (Å²) in [6.07, 6.45) is 2.50. The van der Waals surface area contributed by atoms with Crippen molar-refractivity contribution in [1.29, 1.82) is 0 Å². The molecule has 8 heteroatoms. The second kappa shape index (κ2) is 12.6. The van der Waals surface area contributed by atoms with Gasteiger partial charge in [0.25, 0.3) is 0 Å². The highest BCUT2D eigenvalue weighted by Crippen LogP contribution is 2.24. The van der Waals surface area contributed by atoms with Gasteiger partial charge in [0.05, 0.1) is 32.9 Å². The summed E-state index contributed by atoms with van der Waals surface area (Å²) in [5.74, 6) is 1.40. The van der Waals surface area contributed by atoms with Crippen LogP contribution < -0.4 is 15.8 Å². The summed E-state index contributed by atoms with van der Waals surface area (Å²) in [7, 11) is 1.69. The molecule has 2 atom stereocenters. The van der Waals surface area contributed by atoms with E-state index in [0.29, 0.717) is 18.5 Å². The lowest BCUT2D eigenvalue weighted by molar-refractivity contribution is 0.0179. The predicted octanol–water partition coefficient (Wildman–Crippen LogP) is 2.08. The van der Waals surface area contributed by atoms with Crippen LogP contribution in [-0.2, 0) is 4.74 Å². The maximum Gasteiger partial charge on any atom is 0.188 e.